The van der Waals surface area contributed by atoms with Gasteiger partial charge in [0.15, 0.2) is 0 Å². The number of pyridine rings is 1. The quantitative estimate of drug-likeness (QED) is 0.804. The lowest BCUT2D eigenvalue weighted by molar-refractivity contribution is 0.484. The molecule has 2 heterocycles. The van der Waals surface area contributed by atoms with Crippen LogP contribution in [0.4, 0.5) is 0 Å². The summed E-state index contributed by atoms with van der Waals surface area (Å²) in [4.78, 5) is 4.23. The fourth-order valence-electron chi connectivity index (χ4n) is 1.98. The number of nitriles is 1. The van der Waals surface area contributed by atoms with E-state index in [0.717, 1.165) is 29.8 Å². The molecule has 2 aromatic rings. The Morgan fingerprint density at radius 1 is 1.35 bits per heavy atom. The molecular formula is C15H17ClN4. The molecule has 5 heteroatoms. The molecule has 0 spiro atoms. The predicted octanol–water partition coefficient (Wildman–Crippen LogP) is 3.82. The van der Waals surface area contributed by atoms with E-state index in [-0.39, 0.29) is 0 Å². The van der Waals surface area contributed by atoms with Gasteiger partial charge in [0.2, 0.25) is 0 Å². The third kappa shape index (κ3) is 3.00. The molecular weight excluding hydrogens is 272 g/mol. The maximum absolute atomic E-state index is 9.39. The van der Waals surface area contributed by atoms with E-state index in [4.69, 9.17) is 11.6 Å². The molecule has 0 saturated heterocycles. The first kappa shape index (κ1) is 14.5. The summed E-state index contributed by atoms with van der Waals surface area (Å²) in [6, 6.07) is 5.99. The van der Waals surface area contributed by atoms with Gasteiger partial charge in [0.25, 0.3) is 0 Å². The third-order valence-corrected chi connectivity index (χ3v) is 3.43. The van der Waals surface area contributed by atoms with Crippen LogP contribution in [-0.2, 0) is 6.54 Å². The molecule has 0 fully saturated rings. The van der Waals surface area contributed by atoms with Crippen molar-refractivity contribution in [2.24, 2.45) is 5.92 Å². The van der Waals surface area contributed by atoms with Crippen molar-refractivity contribution in [1.29, 1.82) is 5.26 Å². The second-order valence-corrected chi connectivity index (χ2v) is 5.57. The molecule has 0 bridgehead atoms. The van der Waals surface area contributed by atoms with Crippen molar-refractivity contribution >= 4 is 11.6 Å². The van der Waals surface area contributed by atoms with Gasteiger partial charge in [0.1, 0.15) is 16.9 Å². The SMILES string of the molecule is Cc1ccc(-c2cnn(CCC(C)C)c2C#N)c(Cl)n1. The number of hydrogen-bond acceptors (Lipinski definition) is 3. The Labute approximate surface area is 124 Å². The van der Waals surface area contributed by atoms with E-state index in [9.17, 15) is 5.26 Å². The monoisotopic (exact) mass is 288 g/mol. The molecule has 4 nitrogen and oxygen atoms in total. The minimum absolute atomic E-state index is 0.407. The average Bonchev–Trinajstić information content (AvgIpc) is 2.79. The number of aryl methyl sites for hydroxylation is 2. The summed E-state index contributed by atoms with van der Waals surface area (Å²) < 4.78 is 1.74. The van der Waals surface area contributed by atoms with E-state index in [2.05, 4.69) is 30.0 Å². The minimum atomic E-state index is 0.407. The Morgan fingerprint density at radius 3 is 2.70 bits per heavy atom. The third-order valence-electron chi connectivity index (χ3n) is 3.14. The number of rotatable bonds is 4. The van der Waals surface area contributed by atoms with Crippen molar-refractivity contribution in [3.8, 4) is 17.2 Å². The van der Waals surface area contributed by atoms with Crippen LogP contribution >= 0.6 is 11.6 Å². The summed E-state index contributed by atoms with van der Waals surface area (Å²) in [5, 5.41) is 14.1. The molecule has 0 aromatic carbocycles. The lowest BCUT2D eigenvalue weighted by Gasteiger charge is -2.07. The summed E-state index contributed by atoms with van der Waals surface area (Å²) in [6.45, 7) is 6.92. The van der Waals surface area contributed by atoms with Crippen molar-refractivity contribution in [2.75, 3.05) is 0 Å². The normalized spacial score (nSPS) is 10.8. The molecule has 20 heavy (non-hydrogen) atoms. The maximum atomic E-state index is 9.39. The van der Waals surface area contributed by atoms with Crippen LogP contribution in [0, 0.1) is 24.2 Å². The molecule has 0 aliphatic rings. The van der Waals surface area contributed by atoms with Gasteiger partial charge in [0, 0.05) is 23.4 Å². The highest BCUT2D eigenvalue weighted by molar-refractivity contribution is 6.32. The van der Waals surface area contributed by atoms with Crippen molar-refractivity contribution in [2.45, 2.75) is 33.7 Å². The zero-order valence-electron chi connectivity index (χ0n) is 11.9. The van der Waals surface area contributed by atoms with Crippen LogP contribution in [0.2, 0.25) is 5.15 Å². The Morgan fingerprint density at radius 2 is 2.10 bits per heavy atom. The molecule has 0 aliphatic carbocycles. The number of hydrogen-bond donors (Lipinski definition) is 0. The minimum Gasteiger partial charge on any atom is -0.254 e. The Balaban J connectivity index is 2.40. The Bertz CT molecular complexity index is 652. The van der Waals surface area contributed by atoms with Crippen LogP contribution in [0.25, 0.3) is 11.1 Å². The molecule has 0 aliphatic heterocycles. The molecule has 2 rings (SSSR count). The average molecular weight is 289 g/mol. The first-order valence-electron chi connectivity index (χ1n) is 6.62. The molecule has 0 amide bonds. The van der Waals surface area contributed by atoms with E-state index in [1.165, 1.54) is 0 Å². The van der Waals surface area contributed by atoms with Gasteiger partial charge in [-0.1, -0.05) is 25.4 Å². The van der Waals surface area contributed by atoms with Gasteiger partial charge >= 0.3 is 0 Å². The van der Waals surface area contributed by atoms with Crippen molar-refractivity contribution < 1.29 is 0 Å². The molecule has 0 saturated carbocycles. The standard InChI is InChI=1S/C15H17ClN4/c1-10(2)6-7-20-14(8-17)13(9-18-20)12-5-4-11(3)19-15(12)16/h4-5,9-10H,6-7H2,1-3H3. The van der Waals surface area contributed by atoms with Crippen LogP contribution in [0.3, 0.4) is 0 Å². The Kier molecular flexibility index (Phi) is 4.41. The van der Waals surface area contributed by atoms with Crippen LogP contribution in [-0.4, -0.2) is 14.8 Å². The van der Waals surface area contributed by atoms with Gasteiger partial charge < -0.3 is 0 Å². The largest absolute Gasteiger partial charge is 0.254 e. The lowest BCUT2D eigenvalue weighted by atomic mass is 10.1. The summed E-state index contributed by atoms with van der Waals surface area (Å²) in [5.41, 5.74) is 2.89. The fourth-order valence-corrected chi connectivity index (χ4v) is 2.27. The first-order chi connectivity index (χ1) is 9.52. The van der Waals surface area contributed by atoms with Crippen molar-refractivity contribution in [1.82, 2.24) is 14.8 Å². The molecule has 0 radical (unpaired) electrons. The van der Waals surface area contributed by atoms with Crippen LogP contribution in [0.15, 0.2) is 18.3 Å². The maximum Gasteiger partial charge on any atom is 0.146 e. The fraction of sp³-hybridized carbons (Fsp3) is 0.400. The summed E-state index contributed by atoms with van der Waals surface area (Å²) >= 11 is 6.17. The lowest BCUT2D eigenvalue weighted by Crippen LogP contribution is -2.05. The first-order valence-corrected chi connectivity index (χ1v) is 7.00. The van der Waals surface area contributed by atoms with E-state index in [1.54, 1.807) is 10.9 Å². The van der Waals surface area contributed by atoms with Gasteiger partial charge in [-0.2, -0.15) is 10.4 Å². The summed E-state index contributed by atoms with van der Waals surface area (Å²) in [7, 11) is 0. The second-order valence-electron chi connectivity index (χ2n) is 5.22. The molecule has 0 N–H and O–H groups in total. The second kappa shape index (κ2) is 6.06. The number of nitrogens with zero attached hydrogens (tertiary/aromatic N) is 4. The number of aromatic nitrogens is 3. The van der Waals surface area contributed by atoms with Crippen LogP contribution in [0.1, 0.15) is 31.7 Å². The smallest absolute Gasteiger partial charge is 0.146 e. The van der Waals surface area contributed by atoms with E-state index in [0.29, 0.717) is 16.8 Å². The van der Waals surface area contributed by atoms with Crippen LogP contribution in [0.5, 0.6) is 0 Å². The van der Waals surface area contributed by atoms with E-state index >= 15 is 0 Å². The van der Waals surface area contributed by atoms with Gasteiger partial charge in [-0.15, -0.1) is 0 Å². The zero-order valence-corrected chi connectivity index (χ0v) is 12.6. The predicted molar refractivity (Wildman–Crippen MR) is 79.4 cm³/mol. The molecule has 2 aromatic heterocycles. The molecule has 0 atom stereocenters. The van der Waals surface area contributed by atoms with Gasteiger partial charge in [-0.05, 0) is 31.4 Å². The van der Waals surface area contributed by atoms with Crippen molar-refractivity contribution in [3.05, 3.63) is 34.9 Å². The summed E-state index contributed by atoms with van der Waals surface area (Å²) in [6.07, 6.45) is 2.67. The zero-order chi connectivity index (χ0) is 14.7. The molecule has 104 valence electrons. The van der Waals surface area contributed by atoms with Crippen molar-refractivity contribution in [3.63, 3.8) is 0 Å². The van der Waals surface area contributed by atoms with E-state index in [1.807, 2.05) is 19.1 Å². The highest BCUT2D eigenvalue weighted by atomic mass is 35.5. The molecule has 0 unspecified atom stereocenters. The summed E-state index contributed by atoms with van der Waals surface area (Å²) in [5.74, 6) is 0.568. The van der Waals surface area contributed by atoms with Gasteiger partial charge in [0.05, 0.1) is 6.20 Å². The van der Waals surface area contributed by atoms with Gasteiger partial charge in [-0.25, -0.2) is 4.98 Å². The highest BCUT2D eigenvalue weighted by Crippen LogP contribution is 2.29. The topological polar surface area (TPSA) is 54.5 Å². The van der Waals surface area contributed by atoms with Crippen LogP contribution < -0.4 is 0 Å². The van der Waals surface area contributed by atoms with Gasteiger partial charge in [-0.3, -0.25) is 4.68 Å². The number of halogens is 1. The van der Waals surface area contributed by atoms with E-state index < -0.39 is 0 Å². The Hall–Kier alpha value is -1.86. The highest BCUT2D eigenvalue weighted by Gasteiger charge is 2.15.